The number of likely N-dealkylation sites (tertiary alicyclic amines) is 1. The van der Waals surface area contributed by atoms with Crippen LogP contribution in [0.3, 0.4) is 0 Å². The van der Waals surface area contributed by atoms with E-state index < -0.39 is 17.6 Å². The van der Waals surface area contributed by atoms with E-state index in [0.717, 1.165) is 16.3 Å². The molecule has 0 unspecified atom stereocenters. The van der Waals surface area contributed by atoms with Crippen LogP contribution in [0.4, 0.5) is 0 Å². The summed E-state index contributed by atoms with van der Waals surface area (Å²) in [5, 5.41) is 13.1. The third kappa shape index (κ3) is 3.25. The predicted molar refractivity (Wildman–Crippen MR) is 116 cm³/mol. The van der Waals surface area contributed by atoms with Gasteiger partial charge >= 0.3 is 0 Å². The molecule has 1 amide bonds. The molecule has 2 heterocycles. The van der Waals surface area contributed by atoms with E-state index >= 15 is 0 Å². The molecule has 6 heteroatoms. The molecule has 1 fully saturated rings. The quantitative estimate of drug-likeness (QED) is 0.542. The number of amides is 1. The van der Waals surface area contributed by atoms with Gasteiger partial charge in [-0.3, -0.25) is 9.59 Å². The second kappa shape index (κ2) is 7.39. The average molecular weight is 399 g/mol. The van der Waals surface area contributed by atoms with Crippen molar-refractivity contribution in [2.24, 2.45) is 0 Å². The number of rotatable bonds is 2. The summed E-state index contributed by atoms with van der Waals surface area (Å²) in [5.74, 6) is -0.500. The molecule has 1 aliphatic heterocycles. The Hall–Kier alpha value is -3.51. The molecule has 0 bridgehead atoms. The van der Waals surface area contributed by atoms with Gasteiger partial charge in [-0.25, -0.2) is 4.98 Å². The lowest BCUT2D eigenvalue weighted by atomic mass is 9.86. The highest BCUT2D eigenvalue weighted by Crippen LogP contribution is 2.31. The lowest BCUT2D eigenvalue weighted by Crippen LogP contribution is -2.47. The minimum Gasteiger partial charge on any atom is -0.391 e. The predicted octanol–water partition coefficient (Wildman–Crippen LogP) is 3.07. The first-order valence-electron chi connectivity index (χ1n) is 10.1. The number of aromatic amines is 1. The maximum atomic E-state index is 13.0. The number of hydrogen-bond acceptors (Lipinski definition) is 4. The van der Waals surface area contributed by atoms with Crippen LogP contribution in [-0.4, -0.2) is 45.1 Å². The summed E-state index contributed by atoms with van der Waals surface area (Å²) >= 11 is 0. The van der Waals surface area contributed by atoms with Gasteiger partial charge in [-0.15, -0.1) is 0 Å². The molecule has 30 heavy (non-hydrogen) atoms. The minimum atomic E-state index is -0.705. The van der Waals surface area contributed by atoms with Crippen LogP contribution in [0.15, 0.2) is 71.5 Å². The summed E-state index contributed by atoms with van der Waals surface area (Å²) in [6, 6.07) is 21.4. The van der Waals surface area contributed by atoms with Crippen LogP contribution in [0.1, 0.15) is 28.4 Å². The zero-order valence-corrected chi connectivity index (χ0v) is 16.3. The number of benzene rings is 3. The molecule has 1 saturated heterocycles. The number of aliphatic hydroxyl groups is 1. The Morgan fingerprint density at radius 2 is 1.80 bits per heavy atom. The second-order valence-corrected chi connectivity index (χ2v) is 7.75. The Morgan fingerprint density at radius 3 is 2.63 bits per heavy atom. The highest BCUT2D eigenvalue weighted by atomic mass is 16.3. The number of aliphatic hydroxyl groups excluding tert-OH is 1. The fourth-order valence-corrected chi connectivity index (χ4v) is 4.27. The molecule has 3 aromatic carbocycles. The van der Waals surface area contributed by atoms with Crippen LogP contribution in [0.25, 0.3) is 21.8 Å². The van der Waals surface area contributed by atoms with Crippen molar-refractivity contribution < 1.29 is 9.90 Å². The molecule has 6 nitrogen and oxygen atoms in total. The van der Waals surface area contributed by atoms with Crippen LogP contribution in [0.2, 0.25) is 0 Å². The first-order valence-corrected chi connectivity index (χ1v) is 10.1. The SMILES string of the molecule is O=C(c1nc2ccccc2[nH]c1=O)N1CC[C@@H](c2ccc3ccccc3c2)[C@H](O)C1. The van der Waals surface area contributed by atoms with E-state index in [1.807, 2.05) is 18.2 Å². The van der Waals surface area contributed by atoms with Crippen molar-refractivity contribution in [3.8, 4) is 0 Å². The fourth-order valence-electron chi connectivity index (χ4n) is 4.27. The van der Waals surface area contributed by atoms with E-state index in [1.165, 1.54) is 4.90 Å². The van der Waals surface area contributed by atoms with Crippen molar-refractivity contribution in [2.45, 2.75) is 18.4 Å². The lowest BCUT2D eigenvalue weighted by Gasteiger charge is -2.36. The number of carbonyl (C=O) groups is 1. The molecule has 5 rings (SSSR count). The maximum absolute atomic E-state index is 13.0. The van der Waals surface area contributed by atoms with E-state index in [4.69, 9.17) is 0 Å². The van der Waals surface area contributed by atoms with Crippen LogP contribution >= 0.6 is 0 Å². The number of nitrogens with one attached hydrogen (secondary N) is 1. The highest BCUT2D eigenvalue weighted by Gasteiger charge is 2.33. The Morgan fingerprint density at radius 1 is 1.03 bits per heavy atom. The van der Waals surface area contributed by atoms with Crippen molar-refractivity contribution in [2.75, 3.05) is 13.1 Å². The molecule has 2 atom stereocenters. The van der Waals surface area contributed by atoms with Gasteiger partial charge in [-0.2, -0.15) is 0 Å². The van der Waals surface area contributed by atoms with Gasteiger partial charge < -0.3 is 15.0 Å². The van der Waals surface area contributed by atoms with Crippen LogP contribution in [0.5, 0.6) is 0 Å². The number of nitrogens with zero attached hydrogens (tertiary/aromatic N) is 2. The Kier molecular flexibility index (Phi) is 4.56. The normalized spacial score (nSPS) is 19.3. The Balaban J connectivity index is 1.38. The summed E-state index contributed by atoms with van der Waals surface area (Å²) in [4.78, 5) is 33.8. The number of β-amino-alcohol motifs (C(OH)–C–C–N with tert-alkyl or cyclic N) is 1. The highest BCUT2D eigenvalue weighted by molar-refractivity contribution is 5.93. The molecule has 150 valence electrons. The smallest absolute Gasteiger partial charge is 0.280 e. The summed E-state index contributed by atoms with van der Waals surface area (Å²) in [6.45, 7) is 0.631. The number of aromatic nitrogens is 2. The molecular weight excluding hydrogens is 378 g/mol. The topological polar surface area (TPSA) is 86.3 Å². The summed E-state index contributed by atoms with van der Waals surface area (Å²) < 4.78 is 0. The van der Waals surface area contributed by atoms with Crippen molar-refractivity contribution >= 4 is 27.7 Å². The largest absolute Gasteiger partial charge is 0.391 e. The van der Waals surface area contributed by atoms with Gasteiger partial charge in [0.25, 0.3) is 11.5 Å². The Bertz CT molecular complexity index is 1310. The number of para-hydroxylation sites is 2. The van der Waals surface area contributed by atoms with E-state index in [-0.39, 0.29) is 18.2 Å². The van der Waals surface area contributed by atoms with Gasteiger partial charge in [0.2, 0.25) is 0 Å². The van der Waals surface area contributed by atoms with Gasteiger partial charge in [0.1, 0.15) is 0 Å². The molecule has 1 aliphatic rings. The average Bonchev–Trinajstić information content (AvgIpc) is 2.77. The molecular formula is C24H21N3O3. The number of fused-ring (bicyclic) bond motifs is 2. The van der Waals surface area contributed by atoms with Crippen LogP contribution in [-0.2, 0) is 0 Å². The van der Waals surface area contributed by atoms with Gasteiger partial charge in [0.15, 0.2) is 5.69 Å². The third-order valence-electron chi connectivity index (χ3n) is 5.87. The molecule has 0 radical (unpaired) electrons. The van der Waals surface area contributed by atoms with E-state index in [1.54, 1.807) is 24.3 Å². The van der Waals surface area contributed by atoms with Crippen molar-refractivity contribution in [1.29, 1.82) is 0 Å². The van der Waals surface area contributed by atoms with Crippen LogP contribution in [0, 0.1) is 0 Å². The van der Waals surface area contributed by atoms with E-state index in [0.29, 0.717) is 24.0 Å². The summed E-state index contributed by atoms with van der Waals surface area (Å²) in [7, 11) is 0. The summed E-state index contributed by atoms with van der Waals surface area (Å²) in [5.41, 5.74) is 1.58. The maximum Gasteiger partial charge on any atom is 0.280 e. The van der Waals surface area contributed by atoms with Gasteiger partial charge in [0, 0.05) is 19.0 Å². The van der Waals surface area contributed by atoms with E-state index in [2.05, 4.69) is 34.2 Å². The van der Waals surface area contributed by atoms with Crippen molar-refractivity contribution in [1.82, 2.24) is 14.9 Å². The van der Waals surface area contributed by atoms with Crippen LogP contribution < -0.4 is 5.56 Å². The molecule has 0 aliphatic carbocycles. The van der Waals surface area contributed by atoms with E-state index in [9.17, 15) is 14.7 Å². The van der Waals surface area contributed by atoms with Crippen molar-refractivity contribution in [3.05, 3.63) is 88.3 Å². The second-order valence-electron chi connectivity index (χ2n) is 7.75. The standard InChI is InChI=1S/C24H21N3O3/c28-21-14-27(24(30)22-23(29)26-20-8-4-3-7-19(20)25-22)12-11-18(21)17-10-9-15-5-1-2-6-16(15)13-17/h1-10,13,18,21,28H,11-12,14H2,(H,26,29)/t18-,21+/m0/s1. The van der Waals surface area contributed by atoms with Crippen molar-refractivity contribution in [3.63, 3.8) is 0 Å². The zero-order chi connectivity index (χ0) is 20.7. The zero-order valence-electron chi connectivity index (χ0n) is 16.3. The lowest BCUT2D eigenvalue weighted by molar-refractivity contribution is 0.0377. The third-order valence-corrected chi connectivity index (χ3v) is 5.87. The summed E-state index contributed by atoms with van der Waals surface area (Å²) in [6.07, 6.45) is -0.0834. The van der Waals surface area contributed by atoms with Gasteiger partial charge in [-0.1, -0.05) is 54.6 Å². The molecule has 0 saturated carbocycles. The number of carbonyl (C=O) groups excluding carboxylic acids is 1. The number of hydrogen-bond donors (Lipinski definition) is 2. The monoisotopic (exact) mass is 399 g/mol. The number of H-pyrrole nitrogens is 1. The van der Waals surface area contributed by atoms with Gasteiger partial charge in [0.05, 0.1) is 17.1 Å². The first-order chi connectivity index (χ1) is 14.6. The molecule has 4 aromatic rings. The number of piperidine rings is 1. The van der Waals surface area contributed by atoms with Gasteiger partial charge in [-0.05, 0) is 34.9 Å². The minimum absolute atomic E-state index is 0.0542. The molecule has 1 aromatic heterocycles. The fraction of sp³-hybridized carbons (Fsp3) is 0.208. The molecule has 2 N–H and O–H groups in total. The Labute approximate surface area is 172 Å². The first kappa shape index (κ1) is 18.5. The molecule has 0 spiro atoms.